The molecule has 4 atom stereocenters. The monoisotopic (exact) mass is 431 g/mol. The fourth-order valence-corrected chi connectivity index (χ4v) is 6.28. The van der Waals surface area contributed by atoms with Gasteiger partial charge < -0.3 is 20.2 Å². The van der Waals surface area contributed by atoms with E-state index in [2.05, 4.69) is 5.32 Å². The number of nitrogens with one attached hydrogen (secondary N) is 1. The number of rotatable bonds is 4. The topological polar surface area (TPSA) is 107 Å². The first kappa shape index (κ1) is 20.7. The van der Waals surface area contributed by atoms with Gasteiger partial charge >= 0.3 is 5.97 Å². The van der Waals surface area contributed by atoms with Gasteiger partial charge in [-0.15, -0.1) is 11.8 Å². The number of likely N-dealkylation sites (tertiary alicyclic amines) is 1. The maximum Gasteiger partial charge on any atom is 0.326 e. The number of fused-ring (bicyclic) bond motifs is 3. The lowest BCUT2D eigenvalue weighted by Crippen LogP contribution is -2.57. The molecule has 8 nitrogen and oxygen atoms in total. The lowest BCUT2D eigenvalue weighted by molar-refractivity contribution is -0.149. The first-order valence-electron chi connectivity index (χ1n) is 10.1. The van der Waals surface area contributed by atoms with Crippen LogP contribution in [0, 0.1) is 0 Å². The smallest absolute Gasteiger partial charge is 0.326 e. The van der Waals surface area contributed by atoms with E-state index in [4.69, 9.17) is 0 Å². The highest BCUT2D eigenvalue weighted by Gasteiger charge is 2.57. The third kappa shape index (κ3) is 3.15. The predicted molar refractivity (Wildman–Crippen MR) is 111 cm³/mol. The highest BCUT2D eigenvalue weighted by molar-refractivity contribution is 8.01. The number of carboxylic acid groups (broad SMARTS) is 1. The first-order valence-corrected chi connectivity index (χ1v) is 10.9. The van der Waals surface area contributed by atoms with Gasteiger partial charge in [0.05, 0.1) is 0 Å². The quantitative estimate of drug-likeness (QED) is 0.750. The summed E-state index contributed by atoms with van der Waals surface area (Å²) in [5.41, 5.74) is 1.51. The largest absolute Gasteiger partial charge is 0.480 e. The summed E-state index contributed by atoms with van der Waals surface area (Å²) in [6, 6.07) is 4.89. The van der Waals surface area contributed by atoms with E-state index in [0.29, 0.717) is 24.9 Å². The normalized spacial score (nSPS) is 27.6. The number of amides is 3. The van der Waals surface area contributed by atoms with Crippen molar-refractivity contribution in [2.24, 2.45) is 0 Å². The van der Waals surface area contributed by atoms with Gasteiger partial charge in [-0.2, -0.15) is 0 Å². The molecule has 0 aromatic heterocycles. The molecule has 3 aliphatic rings. The van der Waals surface area contributed by atoms with E-state index in [1.165, 1.54) is 4.90 Å². The van der Waals surface area contributed by atoms with Gasteiger partial charge in [-0.3, -0.25) is 14.4 Å². The van der Waals surface area contributed by atoms with Crippen LogP contribution in [-0.2, 0) is 14.4 Å². The molecule has 0 aliphatic carbocycles. The zero-order chi connectivity index (χ0) is 21.8. The van der Waals surface area contributed by atoms with Gasteiger partial charge in [0, 0.05) is 16.9 Å². The van der Waals surface area contributed by atoms with Crippen LogP contribution in [0.25, 0.3) is 0 Å². The molecule has 160 valence electrons. The molecule has 9 heteroatoms. The lowest BCUT2D eigenvalue weighted by atomic mass is 10.0. The van der Waals surface area contributed by atoms with Crippen LogP contribution in [0.4, 0.5) is 0 Å². The maximum atomic E-state index is 13.2. The van der Waals surface area contributed by atoms with Crippen molar-refractivity contribution in [1.29, 1.82) is 0 Å². The van der Waals surface area contributed by atoms with Gasteiger partial charge in [-0.25, -0.2) is 4.79 Å². The Hall–Kier alpha value is -2.55. The Kier molecular flexibility index (Phi) is 5.04. The second-order valence-electron chi connectivity index (χ2n) is 8.53. The highest BCUT2D eigenvalue weighted by Crippen LogP contribution is 2.56. The molecule has 4 rings (SSSR count). The van der Waals surface area contributed by atoms with Crippen LogP contribution in [0.15, 0.2) is 24.3 Å². The van der Waals surface area contributed by atoms with Gasteiger partial charge in [-0.05, 0) is 45.2 Å². The molecular weight excluding hydrogens is 406 g/mol. The summed E-state index contributed by atoms with van der Waals surface area (Å²) in [4.78, 5) is 53.4. The van der Waals surface area contributed by atoms with Crippen molar-refractivity contribution in [3.05, 3.63) is 35.4 Å². The number of benzene rings is 1. The summed E-state index contributed by atoms with van der Waals surface area (Å²) in [6.45, 7) is 5.76. The number of carbonyl (C=O) groups excluding carboxylic acids is 3. The highest BCUT2D eigenvalue weighted by atomic mass is 32.2. The summed E-state index contributed by atoms with van der Waals surface area (Å²) >= 11 is 1.56. The molecule has 2 fully saturated rings. The number of carboxylic acids is 1. The standard InChI is InChI=1S/C21H25N3O5S/c1-11(17(26)23-10-6-9-14(23)20(28)29)22-16(25)15-21(2,3)30-19-13-8-5-4-7-12(13)18(27)24(15)19/h4-5,7-8,11,14-15,19H,6,9-10H2,1-3H3,(H,22,25)(H,28,29)/t11-,14+,15+,19+/m0/s1. The second-order valence-corrected chi connectivity index (χ2v) is 10.3. The molecule has 0 bridgehead atoms. The molecule has 0 unspecified atom stereocenters. The van der Waals surface area contributed by atoms with Crippen molar-refractivity contribution < 1.29 is 24.3 Å². The van der Waals surface area contributed by atoms with E-state index in [1.54, 1.807) is 35.7 Å². The minimum Gasteiger partial charge on any atom is -0.480 e. The van der Waals surface area contributed by atoms with Crippen molar-refractivity contribution in [1.82, 2.24) is 15.1 Å². The van der Waals surface area contributed by atoms with Crippen LogP contribution in [-0.4, -0.2) is 68.0 Å². The van der Waals surface area contributed by atoms with E-state index in [0.717, 1.165) is 5.56 Å². The third-order valence-corrected chi connectivity index (χ3v) is 7.63. The Bertz CT molecular complexity index is 933. The lowest BCUT2D eigenvalue weighted by Gasteiger charge is -2.31. The number of hydrogen-bond acceptors (Lipinski definition) is 5. The average Bonchev–Trinajstić information content (AvgIpc) is 3.34. The minimum absolute atomic E-state index is 0.182. The van der Waals surface area contributed by atoms with E-state index in [1.807, 2.05) is 26.0 Å². The number of carbonyl (C=O) groups is 4. The molecule has 3 heterocycles. The third-order valence-electron chi connectivity index (χ3n) is 6.09. The van der Waals surface area contributed by atoms with Crippen LogP contribution in [0.3, 0.4) is 0 Å². The summed E-state index contributed by atoms with van der Waals surface area (Å²) in [5, 5.41) is 11.8. The molecule has 30 heavy (non-hydrogen) atoms. The Morgan fingerprint density at radius 1 is 1.27 bits per heavy atom. The molecule has 0 saturated carbocycles. The van der Waals surface area contributed by atoms with Gasteiger partial charge in [0.25, 0.3) is 5.91 Å². The maximum absolute atomic E-state index is 13.2. The zero-order valence-corrected chi connectivity index (χ0v) is 17.9. The number of thioether (sulfide) groups is 1. The van der Waals surface area contributed by atoms with Crippen molar-refractivity contribution in [2.75, 3.05) is 6.54 Å². The van der Waals surface area contributed by atoms with Gasteiger partial charge in [0.15, 0.2) is 0 Å². The molecule has 0 radical (unpaired) electrons. The molecule has 1 aromatic rings. The summed E-state index contributed by atoms with van der Waals surface area (Å²) < 4.78 is -0.544. The first-order chi connectivity index (χ1) is 14.1. The Morgan fingerprint density at radius 3 is 2.67 bits per heavy atom. The fourth-order valence-electron chi connectivity index (χ4n) is 4.69. The van der Waals surface area contributed by atoms with Crippen molar-refractivity contribution in [2.45, 2.75) is 61.9 Å². The molecule has 3 aliphatic heterocycles. The number of aliphatic carboxylic acids is 1. The van der Waals surface area contributed by atoms with Crippen LogP contribution in [0.5, 0.6) is 0 Å². The van der Waals surface area contributed by atoms with Crippen LogP contribution >= 0.6 is 11.8 Å². The predicted octanol–water partition coefficient (Wildman–Crippen LogP) is 1.62. The summed E-state index contributed by atoms with van der Waals surface area (Å²) in [7, 11) is 0. The Morgan fingerprint density at radius 2 is 1.97 bits per heavy atom. The molecule has 0 spiro atoms. The van der Waals surface area contributed by atoms with Crippen LogP contribution in [0.2, 0.25) is 0 Å². The van der Waals surface area contributed by atoms with Gasteiger partial charge in [0.2, 0.25) is 11.8 Å². The summed E-state index contributed by atoms with van der Waals surface area (Å²) in [5.74, 6) is -2.03. The van der Waals surface area contributed by atoms with Crippen LogP contribution in [0.1, 0.15) is 54.9 Å². The van der Waals surface area contributed by atoms with Gasteiger partial charge in [0.1, 0.15) is 23.5 Å². The van der Waals surface area contributed by atoms with Crippen molar-refractivity contribution in [3.63, 3.8) is 0 Å². The number of hydrogen-bond donors (Lipinski definition) is 2. The van der Waals surface area contributed by atoms with E-state index in [-0.39, 0.29) is 11.3 Å². The van der Waals surface area contributed by atoms with Crippen molar-refractivity contribution >= 4 is 35.5 Å². The van der Waals surface area contributed by atoms with E-state index in [9.17, 15) is 24.3 Å². The molecule has 2 N–H and O–H groups in total. The van der Waals surface area contributed by atoms with E-state index < -0.39 is 40.7 Å². The van der Waals surface area contributed by atoms with Crippen molar-refractivity contribution in [3.8, 4) is 0 Å². The zero-order valence-electron chi connectivity index (χ0n) is 17.1. The van der Waals surface area contributed by atoms with Crippen LogP contribution < -0.4 is 5.32 Å². The Labute approximate surface area is 179 Å². The molecule has 1 aromatic carbocycles. The fraction of sp³-hybridized carbons (Fsp3) is 0.524. The minimum atomic E-state index is -1.03. The Balaban J connectivity index is 1.52. The van der Waals surface area contributed by atoms with E-state index >= 15 is 0 Å². The number of nitrogens with zero attached hydrogens (tertiary/aromatic N) is 2. The van der Waals surface area contributed by atoms with Gasteiger partial charge in [-0.1, -0.05) is 18.2 Å². The summed E-state index contributed by atoms with van der Waals surface area (Å²) in [6.07, 6.45) is 1.04. The second kappa shape index (κ2) is 7.30. The molecule has 3 amide bonds. The molecule has 2 saturated heterocycles. The molecular formula is C21H25N3O5S. The SMILES string of the molecule is C[C@H](NC(=O)[C@H]1N2C(=O)c3ccccc3[C@H]2SC1(C)C)C(=O)N1CCC[C@@H]1C(=O)O. The average molecular weight is 432 g/mol.